The number of hydrogen-bond donors (Lipinski definition) is 2. The topological polar surface area (TPSA) is 101 Å². The van der Waals surface area contributed by atoms with Gasteiger partial charge in [0, 0.05) is 31.5 Å². The lowest BCUT2D eigenvalue weighted by molar-refractivity contribution is 0.368. The van der Waals surface area contributed by atoms with Crippen molar-refractivity contribution in [1.29, 1.82) is 0 Å². The predicted octanol–water partition coefficient (Wildman–Crippen LogP) is 2.99. The molecule has 0 aromatic carbocycles. The molecule has 0 fully saturated rings. The molecular formula is C18H30N6O2. The normalized spacial score (nSPS) is 12.2. The predicted molar refractivity (Wildman–Crippen MR) is 100 cm³/mol. The van der Waals surface area contributed by atoms with Gasteiger partial charge in [-0.3, -0.25) is 0 Å². The van der Waals surface area contributed by atoms with E-state index in [1.54, 1.807) is 0 Å². The minimum Gasteiger partial charge on any atom is -0.359 e. The molecular weight excluding hydrogens is 332 g/mol. The van der Waals surface area contributed by atoms with Crippen LogP contribution in [0.1, 0.15) is 76.0 Å². The summed E-state index contributed by atoms with van der Waals surface area (Å²) in [4.78, 5) is 8.92. The van der Waals surface area contributed by atoms with Gasteiger partial charge in [-0.05, 0) is 19.3 Å². The number of rotatable bonds is 9. The van der Waals surface area contributed by atoms with Crippen LogP contribution in [0.4, 0.5) is 0 Å². The Balaban J connectivity index is 1.79. The largest absolute Gasteiger partial charge is 0.359 e. The van der Waals surface area contributed by atoms with Crippen molar-refractivity contribution >= 4 is 5.96 Å². The Kier molecular flexibility index (Phi) is 7.62. The maximum Gasteiger partial charge on any atom is 0.226 e. The first-order valence-electron chi connectivity index (χ1n) is 9.29. The van der Waals surface area contributed by atoms with E-state index in [0.29, 0.717) is 18.4 Å². The average molecular weight is 362 g/mol. The maximum atomic E-state index is 5.32. The van der Waals surface area contributed by atoms with Crippen molar-refractivity contribution in [2.24, 2.45) is 4.99 Å². The Morgan fingerprint density at radius 1 is 1.12 bits per heavy atom. The minimum absolute atomic E-state index is 0.283. The zero-order valence-electron chi connectivity index (χ0n) is 16.4. The first-order valence-corrected chi connectivity index (χ1v) is 9.29. The van der Waals surface area contributed by atoms with Crippen molar-refractivity contribution in [3.63, 3.8) is 0 Å². The number of guanidine groups is 1. The van der Waals surface area contributed by atoms with Crippen LogP contribution in [0.5, 0.6) is 0 Å². The SMILES string of the molecule is CCNC(=NCc1cc(C(C)C)no1)NCCCc1nc(C(C)C)no1. The molecule has 0 radical (unpaired) electrons. The first kappa shape index (κ1) is 19.9. The molecule has 0 aliphatic heterocycles. The van der Waals surface area contributed by atoms with E-state index in [2.05, 4.69) is 44.8 Å². The van der Waals surface area contributed by atoms with Crippen molar-refractivity contribution < 1.29 is 9.05 Å². The van der Waals surface area contributed by atoms with Gasteiger partial charge in [0.15, 0.2) is 17.5 Å². The van der Waals surface area contributed by atoms with E-state index in [1.807, 2.05) is 26.8 Å². The molecule has 26 heavy (non-hydrogen) atoms. The van der Waals surface area contributed by atoms with E-state index in [4.69, 9.17) is 9.05 Å². The van der Waals surface area contributed by atoms with E-state index in [-0.39, 0.29) is 5.92 Å². The van der Waals surface area contributed by atoms with Gasteiger partial charge >= 0.3 is 0 Å². The highest BCUT2D eigenvalue weighted by Crippen LogP contribution is 2.14. The summed E-state index contributed by atoms with van der Waals surface area (Å²) in [5.41, 5.74) is 0.952. The second-order valence-electron chi connectivity index (χ2n) is 6.80. The van der Waals surface area contributed by atoms with Crippen molar-refractivity contribution in [3.05, 3.63) is 29.2 Å². The van der Waals surface area contributed by atoms with Crippen LogP contribution in [0.2, 0.25) is 0 Å². The van der Waals surface area contributed by atoms with Gasteiger partial charge in [0.25, 0.3) is 0 Å². The molecule has 2 heterocycles. The fourth-order valence-electron chi connectivity index (χ4n) is 2.22. The van der Waals surface area contributed by atoms with Crippen LogP contribution in [-0.4, -0.2) is 34.3 Å². The second-order valence-corrected chi connectivity index (χ2v) is 6.80. The zero-order valence-corrected chi connectivity index (χ0v) is 16.4. The number of nitrogens with one attached hydrogen (secondary N) is 2. The van der Waals surface area contributed by atoms with Crippen LogP contribution in [0.3, 0.4) is 0 Å². The van der Waals surface area contributed by atoms with Crippen molar-refractivity contribution in [3.8, 4) is 0 Å². The summed E-state index contributed by atoms with van der Waals surface area (Å²) in [6, 6.07) is 1.96. The standard InChI is InChI=1S/C18H30N6O2/c1-6-19-18(21-11-14-10-15(12(2)3)23-25-14)20-9-7-8-16-22-17(13(4)5)24-26-16/h10,12-13H,6-9,11H2,1-5H3,(H2,19,20,21). The lowest BCUT2D eigenvalue weighted by Crippen LogP contribution is -2.37. The number of nitrogens with zero attached hydrogens (tertiary/aromatic N) is 4. The smallest absolute Gasteiger partial charge is 0.226 e. The Bertz CT molecular complexity index is 689. The van der Waals surface area contributed by atoms with Gasteiger partial charge < -0.3 is 19.7 Å². The summed E-state index contributed by atoms with van der Waals surface area (Å²) < 4.78 is 10.6. The van der Waals surface area contributed by atoms with Crippen LogP contribution >= 0.6 is 0 Å². The second kappa shape index (κ2) is 9.94. The van der Waals surface area contributed by atoms with Crippen LogP contribution < -0.4 is 10.6 Å². The Morgan fingerprint density at radius 3 is 2.54 bits per heavy atom. The van der Waals surface area contributed by atoms with Crippen molar-refractivity contribution in [2.75, 3.05) is 13.1 Å². The molecule has 0 spiro atoms. The summed E-state index contributed by atoms with van der Waals surface area (Å²) in [5.74, 6) is 3.59. The molecule has 8 nitrogen and oxygen atoms in total. The molecule has 144 valence electrons. The van der Waals surface area contributed by atoms with Crippen LogP contribution in [0.15, 0.2) is 20.1 Å². The van der Waals surface area contributed by atoms with E-state index in [0.717, 1.165) is 49.2 Å². The Morgan fingerprint density at radius 2 is 1.92 bits per heavy atom. The van der Waals surface area contributed by atoms with Crippen LogP contribution in [0, 0.1) is 0 Å². The third kappa shape index (κ3) is 6.16. The summed E-state index contributed by atoms with van der Waals surface area (Å²) in [5, 5.41) is 14.6. The quantitative estimate of drug-likeness (QED) is 0.402. The molecule has 0 saturated carbocycles. The molecule has 0 aliphatic rings. The molecule has 8 heteroatoms. The molecule has 0 aliphatic carbocycles. The molecule has 2 rings (SSSR count). The zero-order chi connectivity index (χ0) is 18.9. The van der Waals surface area contributed by atoms with Crippen LogP contribution in [0.25, 0.3) is 0 Å². The molecule has 2 aromatic rings. The number of hydrogen-bond acceptors (Lipinski definition) is 6. The number of aryl methyl sites for hydroxylation is 1. The van der Waals surface area contributed by atoms with Crippen molar-refractivity contribution in [1.82, 2.24) is 25.9 Å². The summed E-state index contributed by atoms with van der Waals surface area (Å²) in [7, 11) is 0. The van der Waals surface area contributed by atoms with E-state index in [9.17, 15) is 0 Å². The number of aliphatic imine (C=N–C) groups is 1. The first-order chi connectivity index (χ1) is 12.5. The summed E-state index contributed by atoms with van der Waals surface area (Å²) >= 11 is 0. The van der Waals surface area contributed by atoms with Crippen LogP contribution in [-0.2, 0) is 13.0 Å². The molecule has 0 saturated heterocycles. The molecule has 2 aromatic heterocycles. The molecule has 0 unspecified atom stereocenters. The summed E-state index contributed by atoms with van der Waals surface area (Å²) in [6.07, 6.45) is 1.62. The Labute approximate surface area is 154 Å². The fraction of sp³-hybridized carbons (Fsp3) is 0.667. The number of aromatic nitrogens is 3. The van der Waals surface area contributed by atoms with E-state index >= 15 is 0 Å². The van der Waals surface area contributed by atoms with Gasteiger partial charge in [-0.1, -0.05) is 38.0 Å². The average Bonchev–Trinajstić information content (AvgIpc) is 3.25. The van der Waals surface area contributed by atoms with Crippen molar-refractivity contribution in [2.45, 2.75) is 65.8 Å². The minimum atomic E-state index is 0.283. The monoisotopic (exact) mass is 362 g/mol. The summed E-state index contributed by atoms with van der Waals surface area (Å²) in [6.45, 7) is 12.3. The highest BCUT2D eigenvalue weighted by atomic mass is 16.5. The molecule has 0 bridgehead atoms. The Hall–Kier alpha value is -2.38. The lowest BCUT2D eigenvalue weighted by atomic mass is 10.1. The fourth-order valence-corrected chi connectivity index (χ4v) is 2.22. The molecule has 2 N–H and O–H groups in total. The highest BCUT2D eigenvalue weighted by molar-refractivity contribution is 5.79. The lowest BCUT2D eigenvalue weighted by Gasteiger charge is -2.10. The van der Waals surface area contributed by atoms with E-state index in [1.165, 1.54) is 0 Å². The third-order valence-corrected chi connectivity index (χ3v) is 3.77. The van der Waals surface area contributed by atoms with E-state index < -0.39 is 0 Å². The van der Waals surface area contributed by atoms with Gasteiger partial charge in [-0.2, -0.15) is 4.98 Å². The van der Waals surface area contributed by atoms with Gasteiger partial charge in [0.1, 0.15) is 6.54 Å². The highest BCUT2D eigenvalue weighted by Gasteiger charge is 2.10. The molecule has 0 amide bonds. The van der Waals surface area contributed by atoms with Gasteiger partial charge in [0.05, 0.1) is 5.69 Å². The third-order valence-electron chi connectivity index (χ3n) is 3.77. The van der Waals surface area contributed by atoms with Gasteiger partial charge in [-0.25, -0.2) is 4.99 Å². The van der Waals surface area contributed by atoms with Gasteiger partial charge in [0.2, 0.25) is 5.89 Å². The molecule has 0 atom stereocenters. The maximum absolute atomic E-state index is 5.32. The van der Waals surface area contributed by atoms with Gasteiger partial charge in [-0.15, -0.1) is 0 Å².